The van der Waals surface area contributed by atoms with Crippen molar-refractivity contribution in [2.45, 2.75) is 6.10 Å². The maximum Gasteiger partial charge on any atom is 0.324 e. The maximum atomic E-state index is 11.2. The number of ether oxygens (including phenoxy) is 1. The van der Waals surface area contributed by atoms with Crippen LogP contribution in [0.1, 0.15) is 0 Å². The highest BCUT2D eigenvalue weighted by Crippen LogP contribution is 2.27. The molecule has 2 aromatic rings. The van der Waals surface area contributed by atoms with Crippen LogP contribution in [-0.2, 0) is 9.53 Å². The van der Waals surface area contributed by atoms with Crippen LogP contribution in [0.3, 0.4) is 0 Å². The second-order valence-corrected chi connectivity index (χ2v) is 5.64. The first-order valence-electron chi connectivity index (χ1n) is 6.49. The van der Waals surface area contributed by atoms with Gasteiger partial charge in [0.25, 0.3) is 0 Å². The number of carbonyl (C=O) groups excluding carboxylic acids is 1. The van der Waals surface area contributed by atoms with Gasteiger partial charge in [0, 0.05) is 22.2 Å². The molecule has 0 aliphatic carbocycles. The Morgan fingerprint density at radius 2 is 2.05 bits per heavy atom. The van der Waals surface area contributed by atoms with Gasteiger partial charge in [-0.1, -0.05) is 28.4 Å². The summed E-state index contributed by atoms with van der Waals surface area (Å²) in [5.74, 6) is -0.160. The molecule has 1 saturated heterocycles. The molecule has 1 aliphatic heterocycles. The second-order valence-electron chi connectivity index (χ2n) is 4.77. The average Bonchev–Trinajstić information content (AvgIpc) is 2.96. The molecular formula is C13H12Cl2N4O3. The summed E-state index contributed by atoms with van der Waals surface area (Å²) in [7, 11) is 0. The van der Waals surface area contributed by atoms with Gasteiger partial charge in [-0.2, -0.15) is 4.98 Å². The van der Waals surface area contributed by atoms with E-state index < -0.39 is 12.0 Å². The first kappa shape index (κ1) is 15.1. The van der Waals surface area contributed by atoms with Crippen LogP contribution in [0, 0.1) is 0 Å². The molecule has 1 aromatic carbocycles. The molecule has 116 valence electrons. The van der Waals surface area contributed by atoms with Gasteiger partial charge in [0.05, 0.1) is 13.2 Å². The quantitative estimate of drug-likeness (QED) is 0.912. The zero-order valence-corrected chi connectivity index (χ0v) is 12.8. The molecule has 1 amide bonds. The fraction of sp³-hybridized carbons (Fsp3) is 0.308. The van der Waals surface area contributed by atoms with Crippen molar-refractivity contribution < 1.29 is 14.1 Å². The Labute approximate surface area is 135 Å². The van der Waals surface area contributed by atoms with E-state index in [0.29, 0.717) is 40.6 Å². The lowest BCUT2D eigenvalue weighted by molar-refractivity contribution is -0.130. The molecule has 2 heterocycles. The predicted octanol–water partition coefficient (Wildman–Crippen LogP) is 1.73. The SMILES string of the molecule is NC(=O)[C@H]1CN(c2nc(-c3cc(Cl)cc(Cl)c3)no2)CCO1. The Morgan fingerprint density at radius 3 is 2.73 bits per heavy atom. The highest BCUT2D eigenvalue weighted by molar-refractivity contribution is 6.35. The van der Waals surface area contributed by atoms with Crippen LogP contribution in [0.4, 0.5) is 6.01 Å². The standard InChI is InChI=1S/C13H12Cl2N4O3/c14-8-3-7(4-9(15)5-8)12-17-13(22-18-12)19-1-2-21-10(6-19)11(16)20/h3-5,10H,1-2,6H2,(H2,16,20)/t10-/m1/s1. The number of primary amides is 1. The Hall–Kier alpha value is -1.83. The molecule has 1 fully saturated rings. The molecule has 22 heavy (non-hydrogen) atoms. The maximum absolute atomic E-state index is 11.2. The molecule has 1 aliphatic rings. The molecule has 0 bridgehead atoms. The van der Waals surface area contributed by atoms with Crippen molar-refractivity contribution in [3.8, 4) is 11.4 Å². The third-order valence-corrected chi connectivity index (χ3v) is 3.63. The molecule has 1 aromatic heterocycles. The number of benzene rings is 1. The summed E-state index contributed by atoms with van der Waals surface area (Å²) >= 11 is 11.9. The predicted molar refractivity (Wildman–Crippen MR) is 80.9 cm³/mol. The van der Waals surface area contributed by atoms with Crippen molar-refractivity contribution >= 4 is 35.1 Å². The van der Waals surface area contributed by atoms with E-state index in [0.717, 1.165) is 0 Å². The van der Waals surface area contributed by atoms with Crippen molar-refractivity contribution in [2.24, 2.45) is 5.73 Å². The molecular weight excluding hydrogens is 331 g/mol. The molecule has 1 atom stereocenters. The van der Waals surface area contributed by atoms with Gasteiger partial charge in [0.1, 0.15) is 0 Å². The molecule has 7 nitrogen and oxygen atoms in total. The Bertz CT molecular complexity index is 686. The molecule has 0 spiro atoms. The third kappa shape index (κ3) is 3.16. The molecule has 0 unspecified atom stereocenters. The van der Waals surface area contributed by atoms with Gasteiger partial charge in [-0.3, -0.25) is 4.79 Å². The number of carbonyl (C=O) groups is 1. The van der Waals surface area contributed by atoms with Crippen LogP contribution in [-0.4, -0.2) is 41.8 Å². The summed E-state index contributed by atoms with van der Waals surface area (Å²) in [6.07, 6.45) is -0.690. The van der Waals surface area contributed by atoms with E-state index in [2.05, 4.69) is 10.1 Å². The smallest absolute Gasteiger partial charge is 0.324 e. The molecule has 9 heteroatoms. The number of nitrogens with zero attached hydrogens (tertiary/aromatic N) is 3. The number of hydrogen-bond donors (Lipinski definition) is 1. The normalized spacial score (nSPS) is 18.5. The van der Waals surface area contributed by atoms with Gasteiger partial charge in [-0.15, -0.1) is 0 Å². The number of nitrogens with two attached hydrogens (primary N) is 1. The minimum Gasteiger partial charge on any atom is -0.367 e. The molecule has 2 N–H and O–H groups in total. The minimum atomic E-state index is -0.690. The van der Waals surface area contributed by atoms with Crippen LogP contribution in [0.15, 0.2) is 22.7 Å². The number of anilines is 1. The number of aromatic nitrogens is 2. The van der Waals surface area contributed by atoms with Crippen molar-refractivity contribution in [1.29, 1.82) is 0 Å². The zero-order valence-electron chi connectivity index (χ0n) is 11.3. The van der Waals surface area contributed by atoms with E-state index in [1.54, 1.807) is 23.1 Å². The van der Waals surface area contributed by atoms with Gasteiger partial charge >= 0.3 is 6.01 Å². The van der Waals surface area contributed by atoms with Crippen LogP contribution < -0.4 is 10.6 Å². The summed E-state index contributed by atoms with van der Waals surface area (Å²) < 4.78 is 10.5. The van der Waals surface area contributed by atoms with Crippen molar-refractivity contribution in [1.82, 2.24) is 10.1 Å². The van der Waals surface area contributed by atoms with Gasteiger partial charge < -0.3 is 19.9 Å². The molecule has 3 rings (SSSR count). The van der Waals surface area contributed by atoms with Crippen molar-refractivity contribution in [3.63, 3.8) is 0 Å². The van der Waals surface area contributed by atoms with Gasteiger partial charge in [-0.05, 0) is 18.2 Å². The monoisotopic (exact) mass is 342 g/mol. The van der Waals surface area contributed by atoms with Gasteiger partial charge in [-0.25, -0.2) is 0 Å². The van der Waals surface area contributed by atoms with Crippen LogP contribution in [0.5, 0.6) is 0 Å². The summed E-state index contributed by atoms with van der Waals surface area (Å²) in [6.45, 7) is 1.16. The summed E-state index contributed by atoms with van der Waals surface area (Å²) in [6, 6.07) is 5.29. The van der Waals surface area contributed by atoms with E-state index in [4.69, 9.17) is 38.2 Å². The summed E-state index contributed by atoms with van der Waals surface area (Å²) in [5, 5.41) is 4.87. The summed E-state index contributed by atoms with van der Waals surface area (Å²) in [5.41, 5.74) is 5.90. The zero-order chi connectivity index (χ0) is 15.7. The lowest BCUT2D eigenvalue weighted by atomic mass is 10.2. The minimum absolute atomic E-state index is 0.271. The molecule has 0 radical (unpaired) electrons. The van der Waals surface area contributed by atoms with Gasteiger partial charge in [0.2, 0.25) is 11.7 Å². The molecule has 0 saturated carbocycles. The van der Waals surface area contributed by atoms with Gasteiger partial charge in [0.15, 0.2) is 6.10 Å². The average molecular weight is 343 g/mol. The summed E-state index contributed by atoms with van der Waals surface area (Å²) in [4.78, 5) is 17.3. The fourth-order valence-corrected chi connectivity index (χ4v) is 2.67. The lowest BCUT2D eigenvalue weighted by Crippen LogP contribution is -2.48. The second kappa shape index (κ2) is 6.12. The van der Waals surface area contributed by atoms with Crippen LogP contribution >= 0.6 is 23.2 Å². The van der Waals surface area contributed by atoms with E-state index in [1.165, 1.54) is 0 Å². The highest BCUT2D eigenvalue weighted by Gasteiger charge is 2.28. The van der Waals surface area contributed by atoms with Crippen molar-refractivity contribution in [3.05, 3.63) is 28.2 Å². The van der Waals surface area contributed by atoms with E-state index in [9.17, 15) is 4.79 Å². The number of halogens is 2. The number of morpholine rings is 1. The number of rotatable bonds is 3. The lowest BCUT2D eigenvalue weighted by Gasteiger charge is -2.29. The topological polar surface area (TPSA) is 94.5 Å². The highest BCUT2D eigenvalue weighted by atomic mass is 35.5. The fourth-order valence-electron chi connectivity index (χ4n) is 2.14. The van der Waals surface area contributed by atoms with Crippen molar-refractivity contribution in [2.75, 3.05) is 24.6 Å². The Kier molecular flexibility index (Phi) is 4.19. The number of hydrogen-bond acceptors (Lipinski definition) is 6. The first-order chi connectivity index (χ1) is 10.5. The number of amides is 1. The first-order valence-corrected chi connectivity index (χ1v) is 7.24. The van der Waals surface area contributed by atoms with E-state index in [-0.39, 0.29) is 6.54 Å². The largest absolute Gasteiger partial charge is 0.367 e. The van der Waals surface area contributed by atoms with Crippen LogP contribution in [0.25, 0.3) is 11.4 Å². The Balaban J connectivity index is 1.82. The third-order valence-electron chi connectivity index (χ3n) is 3.19. The van der Waals surface area contributed by atoms with E-state index in [1.807, 2.05) is 0 Å². The Morgan fingerprint density at radius 1 is 1.32 bits per heavy atom. The van der Waals surface area contributed by atoms with E-state index >= 15 is 0 Å². The van der Waals surface area contributed by atoms with Crippen LogP contribution in [0.2, 0.25) is 10.0 Å².